The van der Waals surface area contributed by atoms with Gasteiger partial charge in [-0.15, -0.1) is 0 Å². The van der Waals surface area contributed by atoms with Crippen molar-refractivity contribution in [3.05, 3.63) is 28.8 Å². The Morgan fingerprint density at radius 2 is 2.00 bits per heavy atom. The van der Waals surface area contributed by atoms with Crippen LogP contribution >= 0.6 is 11.6 Å². The van der Waals surface area contributed by atoms with E-state index in [4.69, 9.17) is 11.6 Å². The second-order valence-electron chi connectivity index (χ2n) is 4.20. The summed E-state index contributed by atoms with van der Waals surface area (Å²) in [5, 5.41) is 13.1. The zero-order chi connectivity index (χ0) is 11.4. The molecule has 15 heavy (non-hydrogen) atoms. The van der Waals surface area contributed by atoms with Crippen molar-refractivity contribution in [1.29, 1.82) is 0 Å². The summed E-state index contributed by atoms with van der Waals surface area (Å²) in [5.74, 6) is 0.745. The normalized spacial score (nSPS) is 13.1. The largest absolute Gasteiger partial charge is 0.506 e. The number of phenols is 1. The third-order valence-electron chi connectivity index (χ3n) is 2.64. The predicted octanol–water partition coefficient (Wildman–Crippen LogP) is 3.18. The van der Waals surface area contributed by atoms with Gasteiger partial charge in [-0.3, -0.25) is 0 Å². The average Bonchev–Trinajstić information content (AvgIpc) is 2.19. The van der Waals surface area contributed by atoms with E-state index in [1.165, 1.54) is 0 Å². The van der Waals surface area contributed by atoms with Crippen LogP contribution in [0.5, 0.6) is 5.75 Å². The van der Waals surface area contributed by atoms with Crippen LogP contribution in [0.1, 0.15) is 26.3 Å². The minimum absolute atomic E-state index is 0.136. The smallest absolute Gasteiger partial charge is 0.134 e. The molecule has 3 heteroatoms. The molecule has 1 aromatic carbocycles. The van der Waals surface area contributed by atoms with Crippen LogP contribution in [0.3, 0.4) is 0 Å². The van der Waals surface area contributed by atoms with Crippen LogP contribution in [0.25, 0.3) is 0 Å². The minimum Gasteiger partial charge on any atom is -0.506 e. The molecular weight excluding hydrogens is 210 g/mol. The van der Waals surface area contributed by atoms with Crippen LogP contribution in [0.15, 0.2) is 18.2 Å². The van der Waals surface area contributed by atoms with Crippen LogP contribution in [-0.4, -0.2) is 11.1 Å². The van der Waals surface area contributed by atoms with Gasteiger partial charge < -0.3 is 10.4 Å². The number of aromatic hydroxyl groups is 1. The van der Waals surface area contributed by atoms with Crippen LogP contribution < -0.4 is 5.32 Å². The van der Waals surface area contributed by atoms with Gasteiger partial charge in [-0.1, -0.05) is 31.5 Å². The Hall–Kier alpha value is -0.730. The van der Waals surface area contributed by atoms with Crippen LogP contribution in [0.2, 0.25) is 5.02 Å². The van der Waals surface area contributed by atoms with Gasteiger partial charge in [0, 0.05) is 12.6 Å². The molecule has 0 saturated heterocycles. The molecule has 0 fully saturated rings. The van der Waals surface area contributed by atoms with Crippen molar-refractivity contribution < 1.29 is 5.11 Å². The Balaban J connectivity index is 2.55. The van der Waals surface area contributed by atoms with E-state index in [0.29, 0.717) is 17.0 Å². The molecule has 0 spiro atoms. The van der Waals surface area contributed by atoms with E-state index >= 15 is 0 Å². The van der Waals surface area contributed by atoms with Crippen molar-refractivity contribution in [1.82, 2.24) is 5.32 Å². The Morgan fingerprint density at radius 1 is 1.33 bits per heavy atom. The zero-order valence-electron chi connectivity index (χ0n) is 9.42. The second-order valence-corrected chi connectivity index (χ2v) is 4.61. The molecule has 1 unspecified atom stereocenters. The van der Waals surface area contributed by atoms with Crippen molar-refractivity contribution in [2.45, 2.75) is 33.4 Å². The lowest BCUT2D eigenvalue weighted by Crippen LogP contribution is -2.30. The van der Waals surface area contributed by atoms with Gasteiger partial charge in [0.2, 0.25) is 0 Å². The number of rotatable bonds is 4. The Labute approximate surface area is 96.3 Å². The lowest BCUT2D eigenvalue weighted by atomic mass is 10.1. The third kappa shape index (κ3) is 3.73. The number of halogens is 1. The van der Waals surface area contributed by atoms with Crippen LogP contribution in [-0.2, 0) is 6.54 Å². The highest BCUT2D eigenvalue weighted by atomic mass is 35.5. The topological polar surface area (TPSA) is 32.3 Å². The van der Waals surface area contributed by atoms with Crippen molar-refractivity contribution in [3.8, 4) is 5.75 Å². The summed E-state index contributed by atoms with van der Waals surface area (Å²) < 4.78 is 0. The van der Waals surface area contributed by atoms with Crippen molar-refractivity contribution >= 4 is 11.6 Å². The summed E-state index contributed by atoms with van der Waals surface area (Å²) in [5.41, 5.74) is 1.09. The zero-order valence-corrected chi connectivity index (χ0v) is 10.2. The average molecular weight is 228 g/mol. The minimum atomic E-state index is 0.136. The van der Waals surface area contributed by atoms with E-state index in [2.05, 4.69) is 26.1 Å². The maximum Gasteiger partial charge on any atom is 0.134 e. The molecule has 2 N–H and O–H groups in total. The predicted molar refractivity (Wildman–Crippen MR) is 64.3 cm³/mol. The Morgan fingerprint density at radius 3 is 2.53 bits per heavy atom. The summed E-state index contributed by atoms with van der Waals surface area (Å²) in [6.45, 7) is 7.30. The summed E-state index contributed by atoms with van der Waals surface area (Å²) in [7, 11) is 0. The quantitative estimate of drug-likeness (QED) is 0.828. The molecule has 2 nitrogen and oxygen atoms in total. The number of benzene rings is 1. The van der Waals surface area contributed by atoms with E-state index in [-0.39, 0.29) is 5.75 Å². The van der Waals surface area contributed by atoms with E-state index in [1.54, 1.807) is 12.1 Å². The maximum absolute atomic E-state index is 9.26. The molecule has 0 bridgehead atoms. The van der Waals surface area contributed by atoms with Crippen LogP contribution in [0, 0.1) is 5.92 Å². The molecule has 0 aliphatic rings. The fourth-order valence-corrected chi connectivity index (χ4v) is 1.38. The molecule has 1 rings (SSSR count). The molecular formula is C12H18ClNO. The molecule has 0 aliphatic heterocycles. The molecule has 0 aromatic heterocycles. The van der Waals surface area contributed by atoms with Crippen molar-refractivity contribution in [2.24, 2.45) is 5.92 Å². The first-order valence-corrected chi connectivity index (χ1v) is 5.59. The second kappa shape index (κ2) is 5.38. The van der Waals surface area contributed by atoms with Gasteiger partial charge in [0.25, 0.3) is 0 Å². The number of phenolic OH excluding ortho intramolecular Hbond substituents is 1. The summed E-state index contributed by atoms with van der Waals surface area (Å²) in [4.78, 5) is 0. The Kier molecular flexibility index (Phi) is 4.43. The number of hydrogen-bond acceptors (Lipinski definition) is 2. The monoisotopic (exact) mass is 227 g/mol. The highest BCUT2D eigenvalue weighted by Gasteiger charge is 2.06. The highest BCUT2D eigenvalue weighted by molar-refractivity contribution is 6.32. The van der Waals surface area contributed by atoms with Crippen LogP contribution in [0.4, 0.5) is 0 Å². The summed E-state index contributed by atoms with van der Waals surface area (Å²) in [6.07, 6.45) is 0. The molecule has 0 saturated carbocycles. The first-order valence-electron chi connectivity index (χ1n) is 5.21. The third-order valence-corrected chi connectivity index (χ3v) is 2.94. The maximum atomic E-state index is 9.26. The molecule has 0 amide bonds. The van der Waals surface area contributed by atoms with Gasteiger partial charge in [-0.05, 0) is 30.5 Å². The van der Waals surface area contributed by atoms with E-state index in [9.17, 15) is 5.11 Å². The molecule has 1 aromatic rings. The van der Waals surface area contributed by atoms with Gasteiger partial charge in [-0.2, -0.15) is 0 Å². The van der Waals surface area contributed by atoms with Crippen molar-refractivity contribution in [2.75, 3.05) is 0 Å². The molecule has 1 atom stereocenters. The first kappa shape index (κ1) is 12.3. The highest BCUT2D eigenvalue weighted by Crippen LogP contribution is 2.23. The fourth-order valence-electron chi connectivity index (χ4n) is 1.17. The standard InChI is InChI=1S/C12H18ClNO/c1-8(2)9(3)14-7-10-4-5-12(15)11(13)6-10/h4-6,8-9,14-15H,7H2,1-3H3. The van der Waals surface area contributed by atoms with E-state index < -0.39 is 0 Å². The summed E-state index contributed by atoms with van der Waals surface area (Å²) >= 11 is 5.81. The SMILES string of the molecule is CC(C)C(C)NCc1ccc(O)c(Cl)c1. The van der Waals surface area contributed by atoms with Gasteiger partial charge >= 0.3 is 0 Å². The molecule has 0 aliphatic carbocycles. The van der Waals surface area contributed by atoms with Gasteiger partial charge in [0.05, 0.1) is 5.02 Å². The van der Waals surface area contributed by atoms with E-state index in [0.717, 1.165) is 12.1 Å². The Bertz CT molecular complexity index is 325. The number of hydrogen-bond donors (Lipinski definition) is 2. The van der Waals surface area contributed by atoms with Gasteiger partial charge in [-0.25, -0.2) is 0 Å². The lowest BCUT2D eigenvalue weighted by molar-refractivity contribution is 0.426. The fraction of sp³-hybridized carbons (Fsp3) is 0.500. The van der Waals surface area contributed by atoms with E-state index in [1.807, 2.05) is 6.07 Å². The first-order chi connectivity index (χ1) is 7.00. The van der Waals surface area contributed by atoms with Crippen molar-refractivity contribution in [3.63, 3.8) is 0 Å². The lowest BCUT2D eigenvalue weighted by Gasteiger charge is -2.17. The van der Waals surface area contributed by atoms with Gasteiger partial charge in [0.1, 0.15) is 5.75 Å². The van der Waals surface area contributed by atoms with Gasteiger partial charge in [0.15, 0.2) is 0 Å². The molecule has 0 radical (unpaired) electrons. The molecule has 84 valence electrons. The number of nitrogens with one attached hydrogen (secondary N) is 1. The molecule has 0 heterocycles. The summed E-state index contributed by atoms with van der Waals surface area (Å²) in [6, 6.07) is 5.76.